The molecular formula is C22H25ClN6O4. The van der Waals surface area contributed by atoms with E-state index in [0.29, 0.717) is 45.6 Å². The molecular weight excluding hydrogens is 448 g/mol. The fourth-order valence-electron chi connectivity index (χ4n) is 4.46. The fourth-order valence-corrected chi connectivity index (χ4v) is 4.72. The van der Waals surface area contributed by atoms with Gasteiger partial charge >= 0.3 is 6.09 Å². The summed E-state index contributed by atoms with van der Waals surface area (Å²) in [5.74, 6) is 0.253. The van der Waals surface area contributed by atoms with E-state index in [1.807, 2.05) is 0 Å². The second-order valence-corrected chi connectivity index (χ2v) is 9.73. The second kappa shape index (κ2) is 8.61. The molecule has 1 aliphatic heterocycles. The Kier molecular flexibility index (Phi) is 5.99. The van der Waals surface area contributed by atoms with E-state index in [1.54, 1.807) is 55.4 Å². The van der Waals surface area contributed by atoms with Gasteiger partial charge in [-0.05, 0) is 57.7 Å². The Hall–Kier alpha value is -3.23. The number of piperidine rings is 1. The third-order valence-electron chi connectivity index (χ3n) is 5.72. The Morgan fingerprint density at radius 3 is 2.82 bits per heavy atom. The Balaban J connectivity index is 1.87. The highest BCUT2D eigenvalue weighted by Crippen LogP contribution is 2.34. The van der Waals surface area contributed by atoms with Gasteiger partial charge in [-0.15, -0.1) is 0 Å². The number of fused-ring (bicyclic) bond motifs is 3. The lowest BCUT2D eigenvalue weighted by Crippen LogP contribution is -2.48. The third kappa shape index (κ3) is 4.36. The molecule has 174 valence electrons. The lowest BCUT2D eigenvalue weighted by Gasteiger charge is -2.39. The molecule has 10 nitrogen and oxygen atoms in total. The van der Waals surface area contributed by atoms with E-state index in [9.17, 15) is 9.59 Å². The lowest BCUT2D eigenvalue weighted by atomic mass is 9.93. The van der Waals surface area contributed by atoms with Crippen molar-refractivity contribution in [1.82, 2.24) is 14.6 Å². The molecule has 2 unspecified atom stereocenters. The highest BCUT2D eigenvalue weighted by Gasteiger charge is 2.35. The van der Waals surface area contributed by atoms with Gasteiger partial charge in [0.1, 0.15) is 22.3 Å². The van der Waals surface area contributed by atoms with Gasteiger partial charge in [0.25, 0.3) is 5.56 Å². The number of rotatable bonds is 3. The number of azide groups is 1. The van der Waals surface area contributed by atoms with Crippen LogP contribution in [0, 0.1) is 12.8 Å². The van der Waals surface area contributed by atoms with Crippen molar-refractivity contribution in [2.75, 3.05) is 19.6 Å². The van der Waals surface area contributed by atoms with E-state index in [1.165, 1.54) is 0 Å². The Morgan fingerprint density at radius 1 is 1.36 bits per heavy atom. The average Bonchev–Trinajstić information content (AvgIpc) is 3.13. The molecule has 0 aliphatic carbocycles. The van der Waals surface area contributed by atoms with Crippen molar-refractivity contribution in [3.8, 4) is 0 Å². The number of amides is 1. The number of carbonyl (C=O) groups is 1. The highest BCUT2D eigenvalue weighted by molar-refractivity contribution is 6.37. The third-order valence-corrected chi connectivity index (χ3v) is 6.03. The van der Waals surface area contributed by atoms with Crippen molar-refractivity contribution in [1.29, 1.82) is 0 Å². The first kappa shape index (κ1) is 22.9. The summed E-state index contributed by atoms with van der Waals surface area (Å²) in [5, 5.41) is 9.22. The van der Waals surface area contributed by atoms with E-state index in [4.69, 9.17) is 26.4 Å². The maximum atomic E-state index is 13.7. The minimum atomic E-state index is -0.667. The molecule has 0 radical (unpaired) electrons. The van der Waals surface area contributed by atoms with Crippen LogP contribution < -0.4 is 5.56 Å². The average molecular weight is 473 g/mol. The molecule has 1 saturated heterocycles. The number of hydrogen-bond acceptors (Lipinski definition) is 6. The number of aryl methyl sites for hydroxylation is 1. The molecule has 3 aromatic rings. The van der Waals surface area contributed by atoms with E-state index in [0.717, 1.165) is 0 Å². The van der Waals surface area contributed by atoms with Crippen molar-refractivity contribution >= 4 is 39.5 Å². The van der Waals surface area contributed by atoms with E-state index >= 15 is 0 Å². The molecule has 0 bridgehead atoms. The summed E-state index contributed by atoms with van der Waals surface area (Å²) >= 11 is 6.52. The van der Waals surface area contributed by atoms with Gasteiger partial charge in [-0.3, -0.25) is 4.79 Å². The van der Waals surface area contributed by atoms with Crippen LogP contribution in [0.25, 0.3) is 32.2 Å². The van der Waals surface area contributed by atoms with Gasteiger partial charge in [0.15, 0.2) is 0 Å². The number of nitrogens with zero attached hydrogens (tertiary/aromatic N) is 6. The molecule has 2 aromatic heterocycles. The van der Waals surface area contributed by atoms with Gasteiger partial charge in [-0.1, -0.05) is 27.9 Å². The number of hydrogen-bond donors (Lipinski definition) is 0. The molecule has 0 N–H and O–H groups in total. The maximum Gasteiger partial charge on any atom is 0.410 e. The Bertz CT molecular complexity index is 1330. The van der Waals surface area contributed by atoms with Gasteiger partial charge in [-0.25, -0.2) is 4.79 Å². The van der Waals surface area contributed by atoms with E-state index in [2.05, 4.69) is 15.2 Å². The van der Waals surface area contributed by atoms with Crippen molar-refractivity contribution in [3.05, 3.63) is 49.8 Å². The van der Waals surface area contributed by atoms with Crippen LogP contribution in [-0.4, -0.2) is 46.0 Å². The van der Waals surface area contributed by atoms with Crippen LogP contribution in [0.2, 0.25) is 5.02 Å². The molecule has 4 rings (SSSR count). The number of pyridine rings is 1. The standard InChI is InChI=1S/C22H25ClN6O4/c1-12-17-19(26-33-12)18-15(23)6-5-7-16(18)29(20(17)30)14-8-13(9-25-27-24)10-28(11-14)21(31)32-22(2,3)4/h5-7,13-14H,8-11H2,1-4H3. The number of aromatic nitrogens is 2. The largest absolute Gasteiger partial charge is 0.444 e. The van der Waals surface area contributed by atoms with E-state index in [-0.39, 0.29) is 24.6 Å². The summed E-state index contributed by atoms with van der Waals surface area (Å²) in [5.41, 5.74) is 8.90. The summed E-state index contributed by atoms with van der Waals surface area (Å²) in [7, 11) is 0. The summed E-state index contributed by atoms with van der Waals surface area (Å²) in [4.78, 5) is 31.0. The topological polar surface area (TPSA) is 126 Å². The zero-order valence-electron chi connectivity index (χ0n) is 18.9. The van der Waals surface area contributed by atoms with Crippen LogP contribution in [-0.2, 0) is 4.74 Å². The fraction of sp³-hybridized carbons (Fsp3) is 0.500. The SMILES string of the molecule is Cc1onc2c1c(=O)n(C1CC(CN=[N+]=[N-])CN(C(=O)OC(C)(C)C)C1)c1cccc(Cl)c21. The predicted molar refractivity (Wildman–Crippen MR) is 124 cm³/mol. The van der Waals surface area contributed by atoms with Crippen LogP contribution in [0.15, 0.2) is 32.6 Å². The van der Waals surface area contributed by atoms with Crippen LogP contribution in [0.3, 0.4) is 0 Å². The predicted octanol–water partition coefficient (Wildman–Crippen LogP) is 5.21. The second-order valence-electron chi connectivity index (χ2n) is 9.33. The van der Waals surface area contributed by atoms with Gasteiger partial charge in [0.2, 0.25) is 0 Å². The smallest absolute Gasteiger partial charge is 0.410 e. The number of halogens is 1. The van der Waals surface area contributed by atoms with Gasteiger partial charge < -0.3 is 18.7 Å². The van der Waals surface area contributed by atoms with Crippen molar-refractivity contribution in [2.45, 2.75) is 45.8 Å². The first-order valence-corrected chi connectivity index (χ1v) is 11.1. The number of likely N-dealkylation sites (tertiary alicyclic amines) is 1. The van der Waals surface area contributed by atoms with Crippen LogP contribution in [0.5, 0.6) is 0 Å². The zero-order valence-corrected chi connectivity index (χ0v) is 19.7. The molecule has 11 heteroatoms. The van der Waals surface area contributed by atoms with Gasteiger partial charge in [0, 0.05) is 29.9 Å². The molecule has 33 heavy (non-hydrogen) atoms. The summed E-state index contributed by atoms with van der Waals surface area (Å²) < 4.78 is 12.6. The summed E-state index contributed by atoms with van der Waals surface area (Å²) in [6, 6.07) is 4.92. The molecule has 2 atom stereocenters. The van der Waals surface area contributed by atoms with Crippen molar-refractivity contribution < 1.29 is 14.1 Å². The first-order valence-electron chi connectivity index (χ1n) is 10.7. The van der Waals surface area contributed by atoms with Crippen LogP contribution in [0.4, 0.5) is 4.79 Å². The molecule has 1 aromatic carbocycles. The monoisotopic (exact) mass is 472 g/mol. The summed E-state index contributed by atoms with van der Waals surface area (Å²) in [6.07, 6.45) is 0.0612. The van der Waals surface area contributed by atoms with Gasteiger partial charge in [-0.2, -0.15) is 0 Å². The normalized spacial score (nSPS) is 19.0. The Labute approximate surface area is 194 Å². The molecule has 0 spiro atoms. The van der Waals surface area contributed by atoms with Crippen molar-refractivity contribution in [3.63, 3.8) is 0 Å². The highest BCUT2D eigenvalue weighted by atomic mass is 35.5. The van der Waals surface area contributed by atoms with Crippen LogP contribution in [0.1, 0.15) is 39.0 Å². The Morgan fingerprint density at radius 2 is 2.12 bits per heavy atom. The number of carbonyl (C=O) groups excluding carboxylic acids is 1. The van der Waals surface area contributed by atoms with Crippen LogP contribution >= 0.6 is 11.6 Å². The minimum Gasteiger partial charge on any atom is -0.444 e. The molecule has 0 saturated carbocycles. The zero-order chi connectivity index (χ0) is 23.9. The van der Waals surface area contributed by atoms with Crippen molar-refractivity contribution in [2.24, 2.45) is 11.0 Å². The maximum absolute atomic E-state index is 13.7. The molecule has 1 fully saturated rings. The molecule has 1 aliphatic rings. The van der Waals surface area contributed by atoms with Gasteiger partial charge in [0.05, 0.1) is 16.6 Å². The summed E-state index contributed by atoms with van der Waals surface area (Å²) in [6.45, 7) is 7.91. The van der Waals surface area contributed by atoms with E-state index < -0.39 is 17.7 Å². The number of ether oxygens (including phenoxy) is 1. The minimum absolute atomic E-state index is 0.146. The quantitative estimate of drug-likeness (QED) is 0.293. The molecule has 1 amide bonds. The first-order chi connectivity index (χ1) is 15.6. The number of benzene rings is 1. The molecule has 3 heterocycles. The lowest BCUT2D eigenvalue weighted by molar-refractivity contribution is 0.0113.